The number of rotatable bonds is 5. The highest BCUT2D eigenvalue weighted by Gasteiger charge is 2.40. The van der Waals surface area contributed by atoms with Crippen molar-refractivity contribution in [2.45, 2.75) is 44.2 Å². The van der Waals surface area contributed by atoms with Crippen LogP contribution in [0, 0.1) is 5.82 Å². The number of benzene rings is 1. The number of aliphatic imine (C=N–C) groups is 1. The number of halogens is 2. The molecule has 134 valence electrons. The minimum Gasteiger partial charge on any atom is -0.355 e. The van der Waals surface area contributed by atoms with Crippen molar-refractivity contribution in [3.8, 4) is 0 Å². The second kappa shape index (κ2) is 8.99. The Morgan fingerprint density at radius 1 is 1.38 bits per heavy atom. The summed E-state index contributed by atoms with van der Waals surface area (Å²) in [6.45, 7) is 5.45. The largest absolute Gasteiger partial charge is 0.355 e. The molecule has 24 heavy (non-hydrogen) atoms. The number of likely N-dealkylation sites (tertiary alicyclic amines) is 1. The lowest BCUT2D eigenvalue weighted by Crippen LogP contribution is -2.45. The van der Waals surface area contributed by atoms with E-state index in [1.165, 1.54) is 25.5 Å². The van der Waals surface area contributed by atoms with E-state index in [1.54, 1.807) is 13.1 Å². The molecule has 1 aliphatic heterocycles. The van der Waals surface area contributed by atoms with Crippen LogP contribution in [0.15, 0.2) is 29.3 Å². The van der Waals surface area contributed by atoms with Crippen LogP contribution in [0.5, 0.6) is 0 Å². The zero-order chi connectivity index (χ0) is 16.2. The fourth-order valence-electron chi connectivity index (χ4n) is 3.60. The number of hydrogen-bond donors (Lipinski definition) is 2. The molecule has 1 aromatic carbocycles. The molecule has 0 amide bonds. The van der Waals surface area contributed by atoms with E-state index in [-0.39, 0.29) is 41.8 Å². The van der Waals surface area contributed by atoms with Crippen molar-refractivity contribution in [1.82, 2.24) is 15.5 Å². The molecule has 2 N–H and O–H groups in total. The molecule has 2 fully saturated rings. The van der Waals surface area contributed by atoms with Crippen molar-refractivity contribution >= 4 is 29.9 Å². The van der Waals surface area contributed by atoms with Gasteiger partial charge in [-0.1, -0.05) is 25.1 Å². The molecule has 1 saturated heterocycles. The third-order valence-electron chi connectivity index (χ3n) is 5.05. The van der Waals surface area contributed by atoms with Gasteiger partial charge < -0.3 is 10.6 Å². The Labute approximate surface area is 161 Å². The van der Waals surface area contributed by atoms with Gasteiger partial charge in [-0.25, -0.2) is 4.39 Å². The SMILES string of the molecule is CCN1CCCC1CNC(=NC)NC1CC1c1ccccc1F.I. The van der Waals surface area contributed by atoms with Gasteiger partial charge in [0.15, 0.2) is 5.96 Å². The highest BCUT2D eigenvalue weighted by molar-refractivity contribution is 14.0. The van der Waals surface area contributed by atoms with Crippen molar-refractivity contribution in [2.24, 2.45) is 4.99 Å². The van der Waals surface area contributed by atoms with Crippen molar-refractivity contribution in [3.05, 3.63) is 35.6 Å². The van der Waals surface area contributed by atoms with Crippen LogP contribution in [0.25, 0.3) is 0 Å². The Morgan fingerprint density at radius 2 is 2.17 bits per heavy atom. The number of guanidine groups is 1. The van der Waals surface area contributed by atoms with Crippen LogP contribution in [0.3, 0.4) is 0 Å². The standard InChI is InChI=1S/C18H27FN4.HI/c1-3-23-10-6-7-13(23)12-21-18(20-2)22-17-11-15(17)14-8-4-5-9-16(14)19;/h4-5,8-9,13,15,17H,3,6-7,10-12H2,1-2H3,(H2,20,21,22);1H. The third-order valence-corrected chi connectivity index (χ3v) is 5.05. The molecule has 6 heteroatoms. The Balaban J connectivity index is 0.00000208. The summed E-state index contributed by atoms with van der Waals surface area (Å²) in [4.78, 5) is 6.83. The van der Waals surface area contributed by atoms with E-state index < -0.39 is 0 Å². The van der Waals surface area contributed by atoms with Gasteiger partial charge in [0.1, 0.15) is 5.82 Å². The molecular weight excluding hydrogens is 418 g/mol. The first-order valence-electron chi connectivity index (χ1n) is 8.68. The van der Waals surface area contributed by atoms with Crippen LogP contribution >= 0.6 is 24.0 Å². The minimum absolute atomic E-state index is 0. The first kappa shape index (κ1) is 19.4. The lowest BCUT2D eigenvalue weighted by molar-refractivity contribution is 0.267. The molecular formula is C18H28FIN4. The van der Waals surface area contributed by atoms with Gasteiger partial charge in [0.05, 0.1) is 0 Å². The number of hydrogen-bond acceptors (Lipinski definition) is 2. The molecule has 2 aliphatic rings. The molecule has 1 aromatic rings. The van der Waals surface area contributed by atoms with Crippen molar-refractivity contribution < 1.29 is 4.39 Å². The van der Waals surface area contributed by atoms with Gasteiger partial charge in [-0.05, 0) is 44.0 Å². The smallest absolute Gasteiger partial charge is 0.191 e. The Kier molecular flexibility index (Phi) is 7.28. The van der Waals surface area contributed by atoms with Crippen LogP contribution in [0.4, 0.5) is 4.39 Å². The topological polar surface area (TPSA) is 39.7 Å². The van der Waals surface area contributed by atoms with Crippen LogP contribution in [0.1, 0.15) is 37.7 Å². The molecule has 3 atom stereocenters. The summed E-state index contributed by atoms with van der Waals surface area (Å²) in [5.41, 5.74) is 0.813. The zero-order valence-corrected chi connectivity index (χ0v) is 16.8. The minimum atomic E-state index is -0.103. The molecule has 1 aliphatic carbocycles. The van der Waals surface area contributed by atoms with E-state index in [4.69, 9.17) is 0 Å². The highest BCUT2D eigenvalue weighted by Crippen LogP contribution is 2.41. The summed E-state index contributed by atoms with van der Waals surface area (Å²) >= 11 is 0. The van der Waals surface area contributed by atoms with Gasteiger partial charge in [0, 0.05) is 31.6 Å². The van der Waals surface area contributed by atoms with E-state index in [0.717, 1.165) is 31.0 Å². The average molecular weight is 446 g/mol. The van der Waals surface area contributed by atoms with E-state index in [1.807, 2.05) is 12.1 Å². The quantitative estimate of drug-likeness (QED) is 0.415. The average Bonchev–Trinajstić information content (AvgIpc) is 3.17. The first-order valence-corrected chi connectivity index (χ1v) is 8.68. The van der Waals surface area contributed by atoms with Gasteiger partial charge >= 0.3 is 0 Å². The molecule has 3 unspecified atom stereocenters. The number of likely N-dealkylation sites (N-methyl/N-ethyl adjacent to an activating group) is 1. The van der Waals surface area contributed by atoms with Gasteiger partial charge in [-0.15, -0.1) is 24.0 Å². The summed E-state index contributed by atoms with van der Waals surface area (Å²) in [7, 11) is 1.79. The molecule has 0 bridgehead atoms. The fraction of sp³-hybridized carbons (Fsp3) is 0.611. The summed E-state index contributed by atoms with van der Waals surface area (Å²) in [6, 6.07) is 7.95. The normalized spacial score (nSPS) is 26.8. The maximum atomic E-state index is 13.8. The van der Waals surface area contributed by atoms with E-state index >= 15 is 0 Å². The van der Waals surface area contributed by atoms with Crippen LogP contribution in [-0.4, -0.2) is 49.6 Å². The van der Waals surface area contributed by atoms with Gasteiger partial charge in [0.25, 0.3) is 0 Å². The Morgan fingerprint density at radius 3 is 2.88 bits per heavy atom. The highest BCUT2D eigenvalue weighted by atomic mass is 127. The number of nitrogens with one attached hydrogen (secondary N) is 2. The van der Waals surface area contributed by atoms with Gasteiger partial charge in [-0.2, -0.15) is 0 Å². The van der Waals surface area contributed by atoms with Crippen molar-refractivity contribution in [3.63, 3.8) is 0 Å². The predicted octanol–water partition coefficient (Wildman–Crippen LogP) is 2.95. The van der Waals surface area contributed by atoms with E-state index in [0.29, 0.717) is 6.04 Å². The van der Waals surface area contributed by atoms with Crippen LogP contribution < -0.4 is 10.6 Å². The van der Waals surface area contributed by atoms with E-state index in [2.05, 4.69) is 27.4 Å². The molecule has 3 rings (SSSR count). The number of nitrogens with zero attached hydrogens (tertiary/aromatic N) is 2. The summed E-state index contributed by atoms with van der Waals surface area (Å²) in [5, 5.41) is 6.86. The monoisotopic (exact) mass is 446 g/mol. The van der Waals surface area contributed by atoms with Gasteiger partial charge in [0.2, 0.25) is 0 Å². The second-order valence-electron chi connectivity index (χ2n) is 6.49. The molecule has 4 nitrogen and oxygen atoms in total. The summed E-state index contributed by atoms with van der Waals surface area (Å²) in [6.07, 6.45) is 3.50. The van der Waals surface area contributed by atoms with Crippen molar-refractivity contribution in [2.75, 3.05) is 26.7 Å². The van der Waals surface area contributed by atoms with Crippen molar-refractivity contribution in [1.29, 1.82) is 0 Å². The molecule has 0 radical (unpaired) electrons. The zero-order valence-electron chi connectivity index (χ0n) is 14.5. The molecule has 0 aromatic heterocycles. The molecule has 1 saturated carbocycles. The third kappa shape index (κ3) is 4.59. The molecule has 0 spiro atoms. The Bertz CT molecular complexity index is 566. The van der Waals surface area contributed by atoms with Gasteiger partial charge in [-0.3, -0.25) is 9.89 Å². The van der Waals surface area contributed by atoms with Crippen LogP contribution in [0.2, 0.25) is 0 Å². The lowest BCUT2D eigenvalue weighted by atomic mass is 10.1. The summed E-state index contributed by atoms with van der Waals surface area (Å²) < 4.78 is 13.8. The predicted molar refractivity (Wildman–Crippen MR) is 108 cm³/mol. The fourth-order valence-corrected chi connectivity index (χ4v) is 3.60. The first-order chi connectivity index (χ1) is 11.2. The summed E-state index contributed by atoms with van der Waals surface area (Å²) in [5.74, 6) is 0.986. The maximum absolute atomic E-state index is 13.8. The maximum Gasteiger partial charge on any atom is 0.191 e. The molecule has 1 heterocycles. The van der Waals surface area contributed by atoms with E-state index in [9.17, 15) is 4.39 Å². The lowest BCUT2D eigenvalue weighted by Gasteiger charge is -2.24. The second-order valence-corrected chi connectivity index (χ2v) is 6.49. The van der Waals surface area contributed by atoms with Crippen LogP contribution in [-0.2, 0) is 0 Å². The Hall–Kier alpha value is -0.890.